The highest BCUT2D eigenvalue weighted by Gasteiger charge is 2.26. The largest absolute Gasteiger partial charge is 0.465 e. The average molecular weight is 328 g/mol. The van der Waals surface area contributed by atoms with Gasteiger partial charge in [-0.25, -0.2) is 13.8 Å². The van der Waals surface area contributed by atoms with Crippen molar-refractivity contribution < 1.29 is 18.3 Å². The molecule has 1 atom stereocenters. The summed E-state index contributed by atoms with van der Waals surface area (Å²) in [5.74, 6) is -0.463. The lowest BCUT2D eigenvalue weighted by Crippen LogP contribution is -2.17. The summed E-state index contributed by atoms with van der Waals surface area (Å²) in [7, 11) is 0. The van der Waals surface area contributed by atoms with Crippen molar-refractivity contribution in [2.24, 2.45) is 0 Å². The lowest BCUT2D eigenvalue weighted by Gasteiger charge is -2.16. The summed E-state index contributed by atoms with van der Waals surface area (Å²) in [4.78, 5) is 16.0. The Morgan fingerprint density at radius 2 is 2.09 bits per heavy atom. The Labute approximate surface area is 132 Å². The molecular weight excluding hydrogens is 310 g/mol. The van der Waals surface area contributed by atoms with Gasteiger partial charge >= 0.3 is 5.97 Å². The first-order valence-corrected chi connectivity index (χ1v) is 7.80. The highest BCUT2D eigenvalue weighted by Crippen LogP contribution is 2.35. The fourth-order valence-corrected chi connectivity index (χ4v) is 2.94. The number of nitriles is 1. The molecule has 120 valence electrons. The summed E-state index contributed by atoms with van der Waals surface area (Å²) in [6, 6.07) is 1.80. The average Bonchev–Trinajstić information content (AvgIpc) is 2.47. The van der Waals surface area contributed by atoms with Crippen LogP contribution >= 0.6 is 11.8 Å². The van der Waals surface area contributed by atoms with Gasteiger partial charge in [-0.05, 0) is 32.8 Å². The van der Waals surface area contributed by atoms with Gasteiger partial charge in [0.1, 0.15) is 16.3 Å². The van der Waals surface area contributed by atoms with Gasteiger partial charge in [0.2, 0.25) is 0 Å². The highest BCUT2D eigenvalue weighted by molar-refractivity contribution is 8.00. The molecule has 0 aliphatic carbocycles. The van der Waals surface area contributed by atoms with E-state index in [-0.39, 0.29) is 22.8 Å². The van der Waals surface area contributed by atoms with Crippen molar-refractivity contribution in [2.45, 2.75) is 50.8 Å². The molecule has 1 aromatic heterocycles. The van der Waals surface area contributed by atoms with Crippen LogP contribution in [0.4, 0.5) is 8.78 Å². The second-order valence-electron chi connectivity index (χ2n) is 4.56. The van der Waals surface area contributed by atoms with Gasteiger partial charge < -0.3 is 4.74 Å². The quantitative estimate of drug-likeness (QED) is 0.587. The third kappa shape index (κ3) is 3.95. The zero-order valence-electron chi connectivity index (χ0n) is 12.9. The molecule has 1 unspecified atom stereocenters. The van der Waals surface area contributed by atoms with E-state index >= 15 is 0 Å². The molecule has 0 fully saturated rings. The number of nitrogens with zero attached hydrogens (tertiary/aromatic N) is 2. The number of carbonyl (C=O) groups excluding carboxylic acids is 1. The fourth-order valence-electron chi connectivity index (χ4n) is 2.01. The van der Waals surface area contributed by atoms with Crippen molar-refractivity contribution in [3.05, 3.63) is 22.4 Å². The van der Waals surface area contributed by atoms with Crippen molar-refractivity contribution in [3.8, 4) is 6.07 Å². The first-order chi connectivity index (χ1) is 10.4. The van der Waals surface area contributed by atoms with Gasteiger partial charge in [-0.2, -0.15) is 5.26 Å². The molecule has 1 heterocycles. The van der Waals surface area contributed by atoms with Crippen LogP contribution < -0.4 is 0 Å². The van der Waals surface area contributed by atoms with Crippen LogP contribution in [0.25, 0.3) is 0 Å². The number of alkyl halides is 2. The van der Waals surface area contributed by atoms with E-state index in [1.807, 2.05) is 0 Å². The normalized spacial score (nSPS) is 12.1. The van der Waals surface area contributed by atoms with Gasteiger partial charge in [-0.15, -0.1) is 0 Å². The fraction of sp³-hybridized carbons (Fsp3) is 0.533. The van der Waals surface area contributed by atoms with Gasteiger partial charge in [0, 0.05) is 11.3 Å². The number of pyridine rings is 1. The standard InChI is InChI=1S/C15H18F2N2O2S/c1-5-11-8(3)12(13(16)17)10(7-18)14(19-11)22-9(4)15(20)21-6-2/h9,13H,5-6H2,1-4H3. The topological polar surface area (TPSA) is 63.0 Å². The Balaban J connectivity index is 3.33. The van der Waals surface area contributed by atoms with E-state index in [4.69, 9.17) is 4.74 Å². The summed E-state index contributed by atoms with van der Waals surface area (Å²) < 4.78 is 31.5. The number of hydrogen-bond donors (Lipinski definition) is 0. The van der Waals surface area contributed by atoms with Crippen LogP contribution in [0.1, 0.15) is 49.6 Å². The highest BCUT2D eigenvalue weighted by atomic mass is 32.2. The van der Waals surface area contributed by atoms with Crippen LogP contribution in [0.15, 0.2) is 5.03 Å². The predicted molar refractivity (Wildman–Crippen MR) is 80.0 cm³/mol. The number of thioether (sulfide) groups is 1. The van der Waals surface area contributed by atoms with Crippen LogP contribution in [0, 0.1) is 18.3 Å². The zero-order valence-corrected chi connectivity index (χ0v) is 13.8. The summed E-state index contributed by atoms with van der Waals surface area (Å²) in [5, 5.41) is 8.76. The number of hydrogen-bond acceptors (Lipinski definition) is 5. The van der Waals surface area contributed by atoms with Gasteiger partial charge in [0.05, 0.1) is 12.2 Å². The molecule has 0 saturated heterocycles. The molecule has 1 aromatic rings. The third-order valence-corrected chi connectivity index (χ3v) is 4.19. The molecule has 4 nitrogen and oxygen atoms in total. The molecule has 22 heavy (non-hydrogen) atoms. The van der Waals surface area contributed by atoms with Crippen LogP contribution in [0.5, 0.6) is 0 Å². The smallest absolute Gasteiger partial charge is 0.319 e. The zero-order chi connectivity index (χ0) is 16.9. The summed E-state index contributed by atoms with van der Waals surface area (Å²) in [6.07, 6.45) is -2.29. The van der Waals surface area contributed by atoms with Gasteiger partial charge in [0.15, 0.2) is 0 Å². The van der Waals surface area contributed by atoms with Gasteiger partial charge in [0.25, 0.3) is 6.43 Å². The molecule has 0 aromatic carbocycles. The molecule has 0 spiro atoms. The minimum Gasteiger partial charge on any atom is -0.465 e. The molecule has 0 aliphatic rings. The Morgan fingerprint density at radius 3 is 2.55 bits per heavy atom. The lowest BCUT2D eigenvalue weighted by molar-refractivity contribution is -0.142. The van der Waals surface area contributed by atoms with E-state index < -0.39 is 17.6 Å². The summed E-state index contributed by atoms with van der Waals surface area (Å²) in [5.41, 5.74) is 0.383. The monoisotopic (exact) mass is 328 g/mol. The van der Waals surface area contributed by atoms with Crippen LogP contribution in [0.3, 0.4) is 0 Å². The van der Waals surface area contributed by atoms with Crippen molar-refractivity contribution >= 4 is 17.7 Å². The second kappa shape index (κ2) is 8.08. The molecule has 7 heteroatoms. The molecule has 0 aliphatic heterocycles. The van der Waals surface area contributed by atoms with E-state index in [0.717, 1.165) is 11.8 Å². The Bertz CT molecular complexity index is 600. The minimum absolute atomic E-state index is 0.154. The van der Waals surface area contributed by atoms with Gasteiger partial charge in [-0.3, -0.25) is 4.79 Å². The number of aromatic nitrogens is 1. The third-order valence-electron chi connectivity index (χ3n) is 3.13. The van der Waals surface area contributed by atoms with Crippen molar-refractivity contribution in [1.82, 2.24) is 4.98 Å². The summed E-state index contributed by atoms with van der Waals surface area (Å²) in [6.45, 7) is 6.86. The maximum Gasteiger partial charge on any atom is 0.319 e. The first-order valence-electron chi connectivity index (χ1n) is 6.92. The van der Waals surface area contributed by atoms with E-state index in [0.29, 0.717) is 17.7 Å². The molecule has 0 N–H and O–H groups in total. The van der Waals surface area contributed by atoms with E-state index in [1.165, 1.54) is 6.92 Å². The van der Waals surface area contributed by atoms with E-state index in [1.54, 1.807) is 26.8 Å². The van der Waals surface area contributed by atoms with E-state index in [2.05, 4.69) is 4.98 Å². The van der Waals surface area contributed by atoms with E-state index in [9.17, 15) is 18.8 Å². The minimum atomic E-state index is -2.76. The van der Waals surface area contributed by atoms with Crippen molar-refractivity contribution in [2.75, 3.05) is 6.61 Å². The van der Waals surface area contributed by atoms with Crippen molar-refractivity contribution in [3.63, 3.8) is 0 Å². The SMILES string of the molecule is CCOC(=O)C(C)Sc1nc(CC)c(C)c(C(F)F)c1C#N. The molecule has 0 amide bonds. The van der Waals surface area contributed by atoms with Crippen molar-refractivity contribution in [1.29, 1.82) is 5.26 Å². The maximum atomic E-state index is 13.3. The molecular formula is C15H18F2N2O2S. The van der Waals surface area contributed by atoms with Crippen LogP contribution in [-0.4, -0.2) is 22.8 Å². The van der Waals surface area contributed by atoms with Crippen LogP contribution in [0.2, 0.25) is 0 Å². The first kappa shape index (κ1) is 18.4. The number of esters is 1. The Hall–Kier alpha value is -1.68. The molecule has 0 saturated carbocycles. The number of ether oxygens (including phenoxy) is 1. The maximum absolute atomic E-state index is 13.3. The lowest BCUT2D eigenvalue weighted by atomic mass is 10.0. The Morgan fingerprint density at radius 1 is 1.45 bits per heavy atom. The van der Waals surface area contributed by atoms with Gasteiger partial charge in [-0.1, -0.05) is 18.7 Å². The second-order valence-corrected chi connectivity index (χ2v) is 5.89. The number of rotatable bonds is 6. The number of halogens is 2. The molecule has 0 bridgehead atoms. The number of carbonyl (C=O) groups is 1. The summed E-state index contributed by atoms with van der Waals surface area (Å²) >= 11 is 0.971. The molecule has 0 radical (unpaired) electrons. The molecule has 1 rings (SSSR count). The number of aryl methyl sites for hydroxylation is 1. The Kier molecular flexibility index (Phi) is 6.75. The van der Waals surface area contributed by atoms with Crippen LogP contribution in [-0.2, 0) is 16.0 Å². The predicted octanol–water partition coefficient (Wildman–Crippen LogP) is 3.81.